The highest BCUT2D eigenvalue weighted by molar-refractivity contribution is 5.92. The lowest BCUT2D eigenvalue weighted by atomic mass is 9.85. The van der Waals surface area contributed by atoms with Gasteiger partial charge in [0.05, 0.1) is 5.56 Å². The number of hydrogen-bond donors (Lipinski definition) is 1. The van der Waals surface area contributed by atoms with Crippen LogP contribution >= 0.6 is 0 Å². The van der Waals surface area contributed by atoms with Crippen molar-refractivity contribution in [2.75, 3.05) is 6.54 Å². The van der Waals surface area contributed by atoms with Crippen molar-refractivity contribution in [3.63, 3.8) is 0 Å². The van der Waals surface area contributed by atoms with E-state index in [-0.39, 0.29) is 24.1 Å². The summed E-state index contributed by atoms with van der Waals surface area (Å²) in [4.78, 5) is 12.0. The molecule has 8 heteroatoms. The molecule has 1 aliphatic rings. The third-order valence-corrected chi connectivity index (χ3v) is 4.17. The number of aromatic nitrogens is 2. The number of carbonyl (C=O) groups excluding carboxylic acids is 1. The highest BCUT2D eigenvalue weighted by atomic mass is 19.4. The van der Waals surface area contributed by atoms with Gasteiger partial charge >= 0.3 is 6.18 Å². The van der Waals surface area contributed by atoms with Crippen molar-refractivity contribution in [2.24, 2.45) is 5.92 Å². The second-order valence-electron chi connectivity index (χ2n) is 6.05. The van der Waals surface area contributed by atoms with Crippen molar-refractivity contribution >= 4 is 5.91 Å². The standard InChI is InChI=1S/C17H18F3N3O2/c18-17(19,20)13-5-2-6-14(9-13)25-11-23-8-7-15(22-23)16(24)21-10-12-3-1-4-12/h2,5-9,12H,1,3-4,10-11H2,(H,21,24). The van der Waals surface area contributed by atoms with E-state index in [9.17, 15) is 18.0 Å². The van der Waals surface area contributed by atoms with Crippen molar-refractivity contribution in [3.05, 3.63) is 47.8 Å². The molecule has 1 fully saturated rings. The highest BCUT2D eigenvalue weighted by Gasteiger charge is 2.30. The molecule has 0 radical (unpaired) electrons. The minimum Gasteiger partial charge on any atom is -0.471 e. The van der Waals surface area contributed by atoms with E-state index in [2.05, 4.69) is 10.4 Å². The Morgan fingerprint density at radius 3 is 2.80 bits per heavy atom. The number of rotatable bonds is 6. The molecule has 1 saturated carbocycles. The molecule has 1 aromatic heterocycles. The summed E-state index contributed by atoms with van der Waals surface area (Å²) in [6, 6.07) is 6.16. The van der Waals surface area contributed by atoms with E-state index in [4.69, 9.17) is 4.74 Å². The molecule has 0 bridgehead atoms. The summed E-state index contributed by atoms with van der Waals surface area (Å²) in [5.74, 6) is 0.376. The van der Waals surface area contributed by atoms with E-state index in [0.29, 0.717) is 12.5 Å². The van der Waals surface area contributed by atoms with Crippen LogP contribution in [0.4, 0.5) is 13.2 Å². The largest absolute Gasteiger partial charge is 0.471 e. The average Bonchev–Trinajstić information content (AvgIpc) is 3.00. The van der Waals surface area contributed by atoms with Gasteiger partial charge in [0.15, 0.2) is 6.73 Å². The molecule has 5 nitrogen and oxygen atoms in total. The molecule has 3 rings (SSSR count). The Morgan fingerprint density at radius 2 is 2.12 bits per heavy atom. The molecule has 25 heavy (non-hydrogen) atoms. The molecule has 1 aliphatic carbocycles. The molecule has 0 unspecified atom stereocenters. The lowest BCUT2D eigenvalue weighted by Crippen LogP contribution is -2.32. The first-order chi connectivity index (χ1) is 11.9. The number of carbonyl (C=O) groups is 1. The van der Waals surface area contributed by atoms with Crippen molar-refractivity contribution < 1.29 is 22.7 Å². The molecule has 134 valence electrons. The normalized spacial score (nSPS) is 14.8. The number of ether oxygens (including phenoxy) is 1. The van der Waals surface area contributed by atoms with Gasteiger partial charge in [-0.05, 0) is 43.0 Å². The Balaban J connectivity index is 1.53. The summed E-state index contributed by atoms with van der Waals surface area (Å²) >= 11 is 0. The fourth-order valence-corrected chi connectivity index (χ4v) is 2.48. The maximum Gasteiger partial charge on any atom is 0.416 e. The number of nitrogens with one attached hydrogen (secondary N) is 1. The summed E-state index contributed by atoms with van der Waals surface area (Å²) in [6.07, 6.45) is 0.615. The first-order valence-electron chi connectivity index (χ1n) is 8.03. The number of amides is 1. The van der Waals surface area contributed by atoms with Gasteiger partial charge in [0.25, 0.3) is 5.91 Å². The van der Waals surface area contributed by atoms with Crippen molar-refractivity contribution in [3.8, 4) is 5.75 Å². The van der Waals surface area contributed by atoms with Crippen LogP contribution in [0.25, 0.3) is 0 Å². The van der Waals surface area contributed by atoms with Gasteiger partial charge in [0.1, 0.15) is 11.4 Å². The zero-order chi connectivity index (χ0) is 17.9. The van der Waals surface area contributed by atoms with Gasteiger partial charge in [-0.15, -0.1) is 0 Å². The second kappa shape index (κ2) is 7.16. The summed E-state index contributed by atoms with van der Waals surface area (Å²) < 4.78 is 44.7. The average molecular weight is 353 g/mol. The maximum atomic E-state index is 12.7. The summed E-state index contributed by atoms with van der Waals surface area (Å²) in [5.41, 5.74) is -0.520. The first kappa shape index (κ1) is 17.3. The molecule has 1 amide bonds. The molecule has 0 aliphatic heterocycles. The van der Waals surface area contributed by atoms with Gasteiger partial charge in [-0.2, -0.15) is 18.3 Å². The van der Waals surface area contributed by atoms with E-state index in [0.717, 1.165) is 25.0 Å². The van der Waals surface area contributed by atoms with Gasteiger partial charge in [0, 0.05) is 12.7 Å². The third kappa shape index (κ3) is 4.52. The number of hydrogen-bond acceptors (Lipinski definition) is 3. The van der Waals surface area contributed by atoms with E-state index >= 15 is 0 Å². The smallest absolute Gasteiger partial charge is 0.416 e. The molecule has 0 saturated heterocycles. The zero-order valence-corrected chi connectivity index (χ0v) is 13.4. The molecule has 0 spiro atoms. The van der Waals surface area contributed by atoms with Gasteiger partial charge in [0.2, 0.25) is 0 Å². The maximum absolute atomic E-state index is 12.7. The number of alkyl halides is 3. The Bertz CT molecular complexity index is 739. The minimum absolute atomic E-state index is 0.0845. The molecule has 1 heterocycles. The lowest BCUT2D eigenvalue weighted by molar-refractivity contribution is -0.137. The van der Waals surface area contributed by atoms with Crippen LogP contribution in [0.1, 0.15) is 35.3 Å². The topological polar surface area (TPSA) is 56.2 Å². The van der Waals surface area contributed by atoms with E-state index in [1.807, 2.05) is 0 Å². The molecule has 2 aromatic rings. The van der Waals surface area contributed by atoms with Crippen LogP contribution < -0.4 is 10.1 Å². The minimum atomic E-state index is -4.42. The highest BCUT2D eigenvalue weighted by Crippen LogP contribution is 2.31. The van der Waals surface area contributed by atoms with Gasteiger partial charge in [-0.25, -0.2) is 4.68 Å². The number of benzene rings is 1. The number of nitrogens with zero attached hydrogens (tertiary/aromatic N) is 2. The van der Waals surface area contributed by atoms with Gasteiger partial charge in [-0.3, -0.25) is 4.79 Å². The van der Waals surface area contributed by atoms with Crippen LogP contribution in [0.3, 0.4) is 0 Å². The quantitative estimate of drug-likeness (QED) is 0.865. The van der Waals surface area contributed by atoms with Crippen molar-refractivity contribution in [1.82, 2.24) is 15.1 Å². The van der Waals surface area contributed by atoms with E-state index in [1.165, 1.54) is 23.2 Å². The molecule has 1 N–H and O–H groups in total. The Hall–Kier alpha value is -2.51. The van der Waals surface area contributed by atoms with Crippen LogP contribution in [0.2, 0.25) is 0 Å². The van der Waals surface area contributed by atoms with Crippen molar-refractivity contribution in [1.29, 1.82) is 0 Å². The fraction of sp³-hybridized carbons (Fsp3) is 0.412. The van der Waals surface area contributed by atoms with Gasteiger partial charge < -0.3 is 10.1 Å². The first-order valence-corrected chi connectivity index (χ1v) is 8.03. The SMILES string of the molecule is O=C(NCC1CCC1)c1ccn(COc2cccc(C(F)(F)F)c2)n1. The second-order valence-corrected chi connectivity index (χ2v) is 6.05. The fourth-order valence-electron chi connectivity index (χ4n) is 2.48. The summed E-state index contributed by atoms with van der Waals surface area (Å²) in [7, 11) is 0. The van der Waals surface area contributed by atoms with Crippen LogP contribution in [-0.4, -0.2) is 22.2 Å². The third-order valence-electron chi connectivity index (χ3n) is 4.17. The predicted octanol–water partition coefficient (Wildman–Crippen LogP) is 3.47. The van der Waals surface area contributed by atoms with Crippen LogP contribution in [0.15, 0.2) is 36.5 Å². The molecule has 0 atom stereocenters. The number of halogens is 3. The van der Waals surface area contributed by atoms with E-state index in [1.54, 1.807) is 12.3 Å². The van der Waals surface area contributed by atoms with Crippen molar-refractivity contribution in [2.45, 2.75) is 32.2 Å². The summed E-state index contributed by atoms with van der Waals surface area (Å²) in [5, 5.41) is 6.91. The monoisotopic (exact) mass is 353 g/mol. The Morgan fingerprint density at radius 1 is 1.32 bits per heavy atom. The lowest BCUT2D eigenvalue weighted by Gasteiger charge is -2.25. The zero-order valence-electron chi connectivity index (χ0n) is 13.4. The molecule has 1 aromatic carbocycles. The van der Waals surface area contributed by atoms with Crippen LogP contribution in [0.5, 0.6) is 5.75 Å². The predicted molar refractivity (Wildman–Crippen MR) is 84.0 cm³/mol. The summed E-state index contributed by atoms with van der Waals surface area (Å²) in [6.45, 7) is 0.559. The van der Waals surface area contributed by atoms with E-state index < -0.39 is 11.7 Å². The van der Waals surface area contributed by atoms with Gasteiger partial charge in [-0.1, -0.05) is 12.5 Å². The van der Waals surface area contributed by atoms with Crippen LogP contribution in [-0.2, 0) is 12.9 Å². The molecular formula is C17H18F3N3O2. The Labute approximate surface area is 142 Å². The molecular weight excluding hydrogens is 335 g/mol. The van der Waals surface area contributed by atoms with Crippen LogP contribution in [0, 0.1) is 5.92 Å². The Kier molecular flexibility index (Phi) is 4.96.